The third-order valence-corrected chi connectivity index (χ3v) is 6.98. The lowest BCUT2D eigenvalue weighted by Gasteiger charge is -2.39. The number of aryl methyl sites for hydroxylation is 1. The fraction of sp³-hybridized carbons (Fsp3) is 0.611. The molecule has 140 valence electrons. The summed E-state index contributed by atoms with van der Waals surface area (Å²) in [6.45, 7) is 8.04. The number of carbonyl (C=O) groups is 1. The van der Waals surface area contributed by atoms with Crippen molar-refractivity contribution in [2.24, 2.45) is 0 Å². The van der Waals surface area contributed by atoms with Gasteiger partial charge < -0.3 is 9.80 Å². The second-order valence-electron chi connectivity index (χ2n) is 7.03. The first-order valence-electron chi connectivity index (χ1n) is 8.62. The first kappa shape index (κ1) is 19.9. The van der Waals surface area contributed by atoms with Crippen LogP contribution in [0.25, 0.3) is 0 Å². The average molecular weight is 368 g/mol. The van der Waals surface area contributed by atoms with Crippen LogP contribution in [0.3, 0.4) is 0 Å². The molecule has 7 heteroatoms. The van der Waals surface area contributed by atoms with Crippen molar-refractivity contribution in [3.8, 4) is 0 Å². The topological polar surface area (TPSA) is 60.9 Å². The summed E-state index contributed by atoms with van der Waals surface area (Å²) in [5, 5.41) is 0. The molecule has 25 heavy (non-hydrogen) atoms. The van der Waals surface area contributed by atoms with Crippen LogP contribution < -0.4 is 0 Å². The Hall–Kier alpha value is -1.44. The highest BCUT2D eigenvalue weighted by molar-refractivity contribution is 7.89. The van der Waals surface area contributed by atoms with Gasteiger partial charge in [0.25, 0.3) is 5.91 Å². The Morgan fingerprint density at radius 1 is 1.24 bits per heavy atom. The van der Waals surface area contributed by atoms with Crippen LogP contribution in [0.2, 0.25) is 0 Å². The Kier molecular flexibility index (Phi) is 5.91. The maximum atomic E-state index is 13.1. The molecule has 2 rings (SSSR count). The number of hydrogen-bond donors (Lipinski definition) is 0. The molecule has 1 aromatic carbocycles. The highest BCUT2D eigenvalue weighted by atomic mass is 32.2. The van der Waals surface area contributed by atoms with Gasteiger partial charge >= 0.3 is 0 Å². The second-order valence-corrected chi connectivity index (χ2v) is 9.15. The quantitative estimate of drug-likeness (QED) is 0.813. The van der Waals surface area contributed by atoms with Gasteiger partial charge in [0.2, 0.25) is 10.0 Å². The van der Waals surface area contributed by atoms with Crippen molar-refractivity contribution in [2.45, 2.75) is 38.1 Å². The van der Waals surface area contributed by atoms with Gasteiger partial charge in [-0.1, -0.05) is 6.92 Å². The Morgan fingerprint density at radius 3 is 2.44 bits per heavy atom. The molecule has 1 atom stereocenters. The van der Waals surface area contributed by atoms with Crippen LogP contribution in [-0.2, 0) is 10.0 Å². The molecule has 0 bridgehead atoms. The van der Waals surface area contributed by atoms with E-state index >= 15 is 0 Å². The third kappa shape index (κ3) is 3.88. The standard InChI is InChI=1S/C18H29N3O3S/c1-7-16-12-20(6)8-9-21(16)18(22)15-10-13(2)14(3)17(11-15)25(23,24)19(4)5/h10-11,16H,7-9,12H2,1-6H3. The summed E-state index contributed by atoms with van der Waals surface area (Å²) in [5.74, 6) is -0.0849. The molecule has 6 nitrogen and oxygen atoms in total. The fourth-order valence-corrected chi connectivity index (χ4v) is 4.43. The molecule has 0 saturated carbocycles. The molecule has 0 radical (unpaired) electrons. The number of amides is 1. The van der Waals surface area contributed by atoms with Crippen LogP contribution in [0.1, 0.15) is 34.8 Å². The van der Waals surface area contributed by atoms with Crippen LogP contribution >= 0.6 is 0 Å². The summed E-state index contributed by atoms with van der Waals surface area (Å²) in [5.41, 5.74) is 1.95. The van der Waals surface area contributed by atoms with Gasteiger partial charge in [0.1, 0.15) is 0 Å². The van der Waals surface area contributed by atoms with Gasteiger partial charge in [-0.15, -0.1) is 0 Å². The smallest absolute Gasteiger partial charge is 0.254 e. The van der Waals surface area contributed by atoms with E-state index in [0.29, 0.717) is 17.7 Å². The summed E-state index contributed by atoms with van der Waals surface area (Å²) in [6, 6.07) is 3.49. The van der Waals surface area contributed by atoms with Crippen molar-refractivity contribution in [3.63, 3.8) is 0 Å². The lowest BCUT2D eigenvalue weighted by molar-refractivity contribution is 0.0493. The normalized spacial score (nSPS) is 19.5. The van der Waals surface area contributed by atoms with Gasteiger partial charge in [0, 0.05) is 45.3 Å². The van der Waals surface area contributed by atoms with E-state index in [1.165, 1.54) is 24.5 Å². The minimum Gasteiger partial charge on any atom is -0.333 e. The molecule has 1 aromatic rings. The van der Waals surface area contributed by atoms with Gasteiger partial charge in [-0.25, -0.2) is 12.7 Å². The van der Waals surface area contributed by atoms with Crippen LogP contribution in [0, 0.1) is 13.8 Å². The monoisotopic (exact) mass is 367 g/mol. The van der Waals surface area contributed by atoms with E-state index < -0.39 is 10.0 Å². The molecule has 1 heterocycles. The van der Waals surface area contributed by atoms with Gasteiger partial charge in [0.15, 0.2) is 0 Å². The summed E-state index contributed by atoms with van der Waals surface area (Å²) in [7, 11) is 1.48. The summed E-state index contributed by atoms with van der Waals surface area (Å²) in [4.78, 5) is 17.4. The minimum atomic E-state index is -3.59. The van der Waals surface area contributed by atoms with E-state index in [1.54, 1.807) is 13.0 Å². The minimum absolute atomic E-state index is 0.0849. The van der Waals surface area contributed by atoms with E-state index in [4.69, 9.17) is 0 Å². The number of piperazine rings is 1. The highest BCUT2D eigenvalue weighted by Gasteiger charge is 2.30. The second kappa shape index (κ2) is 7.43. The Morgan fingerprint density at radius 2 is 1.88 bits per heavy atom. The molecule has 1 fully saturated rings. The number of sulfonamides is 1. The average Bonchev–Trinajstić information content (AvgIpc) is 2.55. The molecule has 0 spiro atoms. The first-order chi connectivity index (χ1) is 11.6. The van der Waals surface area contributed by atoms with E-state index in [2.05, 4.69) is 18.9 Å². The van der Waals surface area contributed by atoms with Crippen molar-refractivity contribution in [1.82, 2.24) is 14.1 Å². The van der Waals surface area contributed by atoms with Crippen molar-refractivity contribution in [1.29, 1.82) is 0 Å². The molecule has 0 N–H and O–H groups in total. The van der Waals surface area contributed by atoms with Crippen molar-refractivity contribution in [2.75, 3.05) is 40.8 Å². The number of rotatable bonds is 4. The molecular weight excluding hydrogens is 338 g/mol. The number of nitrogens with zero attached hydrogens (tertiary/aromatic N) is 3. The molecule has 1 saturated heterocycles. The molecule has 1 amide bonds. The molecule has 1 aliphatic heterocycles. The van der Waals surface area contributed by atoms with Crippen LogP contribution in [-0.4, -0.2) is 75.2 Å². The Labute approximate surface area is 151 Å². The SMILES string of the molecule is CCC1CN(C)CCN1C(=O)c1cc(C)c(C)c(S(=O)(=O)N(C)C)c1. The lowest BCUT2D eigenvalue weighted by atomic mass is 10.0. The Bertz CT molecular complexity index is 759. The van der Waals surface area contributed by atoms with E-state index in [1.807, 2.05) is 11.8 Å². The van der Waals surface area contributed by atoms with Crippen LogP contribution in [0.5, 0.6) is 0 Å². The largest absolute Gasteiger partial charge is 0.333 e. The van der Waals surface area contributed by atoms with Crippen LogP contribution in [0.15, 0.2) is 17.0 Å². The lowest BCUT2D eigenvalue weighted by Crippen LogP contribution is -2.53. The van der Waals surface area contributed by atoms with E-state index in [-0.39, 0.29) is 16.8 Å². The summed E-state index contributed by atoms with van der Waals surface area (Å²) >= 11 is 0. The third-order valence-electron chi connectivity index (χ3n) is 5.04. The number of benzene rings is 1. The fourth-order valence-electron chi connectivity index (χ4n) is 3.21. The number of likely N-dealkylation sites (N-methyl/N-ethyl adjacent to an activating group) is 1. The van der Waals surface area contributed by atoms with Crippen molar-refractivity contribution >= 4 is 15.9 Å². The Balaban J connectivity index is 2.46. The van der Waals surface area contributed by atoms with Gasteiger partial charge in [-0.3, -0.25) is 4.79 Å². The molecule has 1 aliphatic rings. The first-order valence-corrected chi connectivity index (χ1v) is 10.1. The van der Waals surface area contributed by atoms with Gasteiger partial charge in [-0.05, 0) is 50.6 Å². The van der Waals surface area contributed by atoms with Crippen molar-refractivity contribution < 1.29 is 13.2 Å². The molecular formula is C18H29N3O3S. The van der Waals surface area contributed by atoms with E-state index in [0.717, 1.165) is 25.1 Å². The molecule has 0 aliphatic carbocycles. The molecule has 1 unspecified atom stereocenters. The molecule has 0 aromatic heterocycles. The van der Waals surface area contributed by atoms with Crippen LogP contribution in [0.4, 0.5) is 0 Å². The number of carbonyl (C=O) groups excluding carboxylic acids is 1. The van der Waals surface area contributed by atoms with Gasteiger partial charge in [-0.2, -0.15) is 0 Å². The predicted molar refractivity (Wildman–Crippen MR) is 99.4 cm³/mol. The predicted octanol–water partition coefficient (Wildman–Crippen LogP) is 1.72. The zero-order valence-corrected chi connectivity index (χ0v) is 16.9. The highest BCUT2D eigenvalue weighted by Crippen LogP contribution is 2.25. The summed E-state index contributed by atoms with van der Waals surface area (Å²) < 4.78 is 26.4. The summed E-state index contributed by atoms with van der Waals surface area (Å²) in [6.07, 6.45) is 0.879. The zero-order chi connectivity index (χ0) is 18.9. The van der Waals surface area contributed by atoms with Gasteiger partial charge in [0.05, 0.1) is 4.90 Å². The maximum Gasteiger partial charge on any atom is 0.254 e. The zero-order valence-electron chi connectivity index (χ0n) is 16.0. The maximum absolute atomic E-state index is 13.1. The van der Waals surface area contributed by atoms with Crippen molar-refractivity contribution in [3.05, 3.63) is 28.8 Å². The number of hydrogen-bond acceptors (Lipinski definition) is 4. The van der Waals surface area contributed by atoms with E-state index in [9.17, 15) is 13.2 Å².